The first-order valence-corrected chi connectivity index (χ1v) is 8.75. The summed E-state index contributed by atoms with van der Waals surface area (Å²) in [7, 11) is 0. The highest BCUT2D eigenvalue weighted by atomic mass is 16.6. The lowest BCUT2D eigenvalue weighted by molar-refractivity contribution is -0.385. The molecule has 0 radical (unpaired) electrons. The summed E-state index contributed by atoms with van der Waals surface area (Å²) in [6.45, 7) is 4.96. The number of aliphatic hydroxyl groups is 2. The Morgan fingerprint density at radius 3 is 2.70 bits per heavy atom. The molecule has 27 heavy (non-hydrogen) atoms. The number of benzene rings is 1. The van der Waals surface area contributed by atoms with E-state index in [2.05, 4.69) is 0 Å². The number of nitrogens with zero attached hydrogens (tertiary/aromatic N) is 2. The molecule has 1 unspecified atom stereocenters. The number of hydrogen-bond donors (Lipinski definition) is 2. The number of aliphatic hydroxyl groups excluding tert-OH is 2. The third kappa shape index (κ3) is 5.62. The number of rotatable bonds is 5. The second-order valence-corrected chi connectivity index (χ2v) is 7.50. The molecule has 1 saturated heterocycles. The summed E-state index contributed by atoms with van der Waals surface area (Å²) in [5.41, 5.74) is -0.398. The summed E-state index contributed by atoms with van der Waals surface area (Å²) >= 11 is 0. The molecule has 9 nitrogen and oxygen atoms in total. The van der Waals surface area contributed by atoms with Gasteiger partial charge < -0.3 is 19.7 Å². The van der Waals surface area contributed by atoms with Crippen molar-refractivity contribution in [2.75, 3.05) is 19.8 Å². The molecular weight excluding hydrogens is 356 g/mol. The Morgan fingerprint density at radius 1 is 1.44 bits per heavy atom. The molecule has 2 N–H and O–H groups in total. The Hall–Kier alpha value is -2.23. The van der Waals surface area contributed by atoms with Gasteiger partial charge in [0.25, 0.3) is 5.69 Å². The molecule has 0 saturated carbocycles. The summed E-state index contributed by atoms with van der Waals surface area (Å²) < 4.78 is 11.0. The van der Waals surface area contributed by atoms with Crippen LogP contribution in [0.2, 0.25) is 0 Å². The fourth-order valence-electron chi connectivity index (χ4n) is 2.87. The number of morpholine rings is 1. The second kappa shape index (κ2) is 8.64. The molecule has 1 fully saturated rings. The van der Waals surface area contributed by atoms with Crippen molar-refractivity contribution in [1.82, 2.24) is 4.90 Å². The van der Waals surface area contributed by atoms with E-state index in [0.717, 1.165) is 0 Å². The molecule has 1 heterocycles. The van der Waals surface area contributed by atoms with Crippen LogP contribution in [-0.4, -0.2) is 69.7 Å². The molecule has 2 rings (SSSR count). The SMILES string of the molecule is CC(C)(C)OC(=O)N1C[C@@H](C(O)Cc2ccccc2[N+](=O)[O-])OC[C@H]1CO. The van der Waals surface area contributed by atoms with Crippen LogP contribution in [-0.2, 0) is 15.9 Å². The largest absolute Gasteiger partial charge is 0.444 e. The van der Waals surface area contributed by atoms with Gasteiger partial charge in [-0.2, -0.15) is 0 Å². The highest BCUT2D eigenvalue weighted by molar-refractivity contribution is 5.68. The first-order valence-electron chi connectivity index (χ1n) is 8.75. The van der Waals surface area contributed by atoms with Crippen LogP contribution in [0.5, 0.6) is 0 Å². The van der Waals surface area contributed by atoms with E-state index >= 15 is 0 Å². The van der Waals surface area contributed by atoms with Crippen LogP contribution in [0.3, 0.4) is 0 Å². The Morgan fingerprint density at radius 2 is 2.11 bits per heavy atom. The van der Waals surface area contributed by atoms with E-state index in [1.165, 1.54) is 11.0 Å². The summed E-state index contributed by atoms with van der Waals surface area (Å²) in [5.74, 6) is 0. The van der Waals surface area contributed by atoms with E-state index in [1.807, 2.05) is 0 Å². The van der Waals surface area contributed by atoms with E-state index in [1.54, 1.807) is 39.0 Å². The minimum Gasteiger partial charge on any atom is -0.444 e. The van der Waals surface area contributed by atoms with Crippen molar-refractivity contribution in [2.24, 2.45) is 0 Å². The zero-order chi connectivity index (χ0) is 20.2. The molecular formula is C18H26N2O7. The molecule has 1 aliphatic rings. The van der Waals surface area contributed by atoms with Crippen molar-refractivity contribution >= 4 is 11.8 Å². The summed E-state index contributed by atoms with van der Waals surface area (Å²) in [5, 5.41) is 31.2. The molecule has 9 heteroatoms. The Labute approximate surface area is 157 Å². The van der Waals surface area contributed by atoms with Gasteiger partial charge >= 0.3 is 6.09 Å². The molecule has 1 amide bonds. The fraction of sp³-hybridized carbons (Fsp3) is 0.611. The van der Waals surface area contributed by atoms with Gasteiger partial charge in [-0.25, -0.2) is 4.79 Å². The third-order valence-electron chi connectivity index (χ3n) is 4.21. The summed E-state index contributed by atoms with van der Waals surface area (Å²) in [4.78, 5) is 24.4. The van der Waals surface area contributed by atoms with Crippen molar-refractivity contribution in [3.05, 3.63) is 39.9 Å². The second-order valence-electron chi connectivity index (χ2n) is 7.50. The van der Waals surface area contributed by atoms with Crippen LogP contribution >= 0.6 is 0 Å². The molecule has 0 bridgehead atoms. The number of nitro benzene ring substituents is 1. The zero-order valence-electron chi connectivity index (χ0n) is 15.7. The molecule has 3 atom stereocenters. The predicted octanol–water partition coefficient (Wildman–Crippen LogP) is 1.50. The lowest BCUT2D eigenvalue weighted by Gasteiger charge is -2.40. The highest BCUT2D eigenvalue weighted by Crippen LogP contribution is 2.23. The van der Waals surface area contributed by atoms with Gasteiger partial charge in [0.2, 0.25) is 0 Å². The Bertz CT molecular complexity index is 674. The van der Waals surface area contributed by atoms with Gasteiger partial charge in [-0.1, -0.05) is 18.2 Å². The smallest absolute Gasteiger partial charge is 0.410 e. The minimum absolute atomic E-state index is 0.00771. The van der Waals surface area contributed by atoms with E-state index in [0.29, 0.717) is 5.56 Å². The van der Waals surface area contributed by atoms with Crippen LogP contribution < -0.4 is 0 Å². The minimum atomic E-state index is -1.06. The van der Waals surface area contributed by atoms with Crippen molar-refractivity contribution in [3.8, 4) is 0 Å². The van der Waals surface area contributed by atoms with E-state index in [-0.39, 0.29) is 31.9 Å². The summed E-state index contributed by atoms with van der Waals surface area (Å²) in [6.07, 6.45) is -2.41. The van der Waals surface area contributed by atoms with Gasteiger partial charge in [0.05, 0.1) is 36.8 Å². The van der Waals surface area contributed by atoms with Gasteiger partial charge in [-0.15, -0.1) is 0 Å². The molecule has 0 aliphatic carbocycles. The number of para-hydroxylation sites is 1. The topological polar surface area (TPSA) is 122 Å². The van der Waals surface area contributed by atoms with Crippen molar-refractivity contribution in [3.63, 3.8) is 0 Å². The van der Waals surface area contributed by atoms with E-state index in [4.69, 9.17) is 9.47 Å². The van der Waals surface area contributed by atoms with Crippen molar-refractivity contribution < 1.29 is 29.4 Å². The number of amides is 1. The van der Waals surface area contributed by atoms with Gasteiger partial charge in [0, 0.05) is 18.1 Å². The van der Waals surface area contributed by atoms with Gasteiger partial charge in [-0.3, -0.25) is 15.0 Å². The highest BCUT2D eigenvalue weighted by Gasteiger charge is 2.37. The van der Waals surface area contributed by atoms with Crippen molar-refractivity contribution in [2.45, 2.75) is 51.0 Å². The average Bonchev–Trinajstić information content (AvgIpc) is 2.59. The Kier molecular flexibility index (Phi) is 6.74. The molecule has 0 spiro atoms. The first kappa shape index (κ1) is 21.1. The van der Waals surface area contributed by atoms with Crippen LogP contribution in [0.15, 0.2) is 24.3 Å². The fourth-order valence-corrected chi connectivity index (χ4v) is 2.87. The first-order chi connectivity index (χ1) is 12.6. The Balaban J connectivity index is 2.10. The van der Waals surface area contributed by atoms with Crippen LogP contribution in [0.4, 0.5) is 10.5 Å². The molecule has 1 aromatic rings. The van der Waals surface area contributed by atoms with Crippen LogP contribution in [0, 0.1) is 10.1 Å². The number of nitro groups is 1. The summed E-state index contributed by atoms with van der Waals surface area (Å²) in [6, 6.07) is 5.59. The maximum Gasteiger partial charge on any atom is 0.410 e. The molecule has 1 aromatic carbocycles. The van der Waals surface area contributed by atoms with E-state index < -0.39 is 34.9 Å². The quantitative estimate of drug-likeness (QED) is 0.584. The van der Waals surface area contributed by atoms with Gasteiger partial charge in [0.1, 0.15) is 11.7 Å². The normalized spacial score (nSPS) is 21.6. The standard InChI is InChI=1S/C18H26N2O7/c1-18(2,3)27-17(23)19-9-16(26-11-13(19)10-21)15(22)8-12-6-4-5-7-14(12)20(24)25/h4-7,13,15-16,21-22H,8-11H2,1-3H3/t13-,15?,16+/m1/s1. The third-order valence-corrected chi connectivity index (χ3v) is 4.21. The molecule has 0 aromatic heterocycles. The number of carbonyl (C=O) groups excluding carboxylic acids is 1. The maximum atomic E-state index is 12.4. The van der Waals surface area contributed by atoms with Crippen molar-refractivity contribution in [1.29, 1.82) is 0 Å². The maximum absolute atomic E-state index is 12.4. The predicted molar refractivity (Wildman–Crippen MR) is 96.4 cm³/mol. The van der Waals surface area contributed by atoms with Gasteiger partial charge in [0.15, 0.2) is 0 Å². The number of hydrogen-bond acceptors (Lipinski definition) is 7. The van der Waals surface area contributed by atoms with Crippen LogP contribution in [0.25, 0.3) is 0 Å². The van der Waals surface area contributed by atoms with E-state index in [9.17, 15) is 25.1 Å². The lowest BCUT2D eigenvalue weighted by Crippen LogP contribution is -2.57. The zero-order valence-corrected chi connectivity index (χ0v) is 15.7. The van der Waals surface area contributed by atoms with Crippen LogP contribution in [0.1, 0.15) is 26.3 Å². The average molecular weight is 382 g/mol. The lowest BCUT2D eigenvalue weighted by atomic mass is 10.0. The number of ether oxygens (including phenoxy) is 2. The molecule has 150 valence electrons. The molecule has 1 aliphatic heterocycles. The monoisotopic (exact) mass is 382 g/mol. The number of carbonyl (C=O) groups is 1. The van der Waals surface area contributed by atoms with Gasteiger partial charge in [-0.05, 0) is 20.8 Å².